The molecule has 0 bridgehead atoms. The van der Waals surface area contributed by atoms with E-state index < -0.39 is 12.0 Å². The summed E-state index contributed by atoms with van der Waals surface area (Å²) in [7, 11) is 1.52. The number of hydrogen-bond donors (Lipinski definition) is 0. The number of nitrogens with zero attached hydrogens (tertiary/aromatic N) is 3. The predicted octanol–water partition coefficient (Wildman–Crippen LogP) is 4.31. The highest BCUT2D eigenvalue weighted by molar-refractivity contribution is 7.07. The van der Waals surface area contributed by atoms with E-state index in [1.165, 1.54) is 18.4 Å². The summed E-state index contributed by atoms with van der Waals surface area (Å²) in [6.07, 6.45) is 1.77. The third-order valence-corrected chi connectivity index (χ3v) is 9.48. The number of ether oxygens (including phenoxy) is 4. The molecule has 6 rings (SSSR count). The molecule has 49 heavy (non-hydrogen) atoms. The third-order valence-electron chi connectivity index (χ3n) is 8.49. The highest BCUT2D eigenvalue weighted by atomic mass is 32.1. The lowest BCUT2D eigenvalue weighted by molar-refractivity contribution is -0.139. The van der Waals surface area contributed by atoms with E-state index in [2.05, 4.69) is 13.8 Å². The van der Waals surface area contributed by atoms with Gasteiger partial charge in [-0.05, 0) is 47.7 Å². The summed E-state index contributed by atoms with van der Waals surface area (Å²) < 4.78 is 24.4. The van der Waals surface area contributed by atoms with Crippen LogP contribution in [0.25, 0.3) is 11.8 Å². The first-order chi connectivity index (χ1) is 23.8. The van der Waals surface area contributed by atoms with Gasteiger partial charge in [-0.2, -0.15) is 0 Å². The van der Waals surface area contributed by atoms with E-state index in [0.29, 0.717) is 69.9 Å². The molecule has 0 N–H and O–H groups in total. The zero-order chi connectivity index (χ0) is 34.5. The molecule has 1 aromatic heterocycles. The maximum atomic E-state index is 14.3. The lowest BCUT2D eigenvalue weighted by Gasteiger charge is -2.26. The van der Waals surface area contributed by atoms with Crippen LogP contribution in [-0.2, 0) is 19.1 Å². The number of carbonyl (C=O) groups excluding carboxylic acids is 2. The Balaban J connectivity index is 1.43. The number of thiazole rings is 1. The molecule has 0 aliphatic carbocycles. The van der Waals surface area contributed by atoms with Crippen molar-refractivity contribution in [2.75, 3.05) is 46.6 Å². The van der Waals surface area contributed by atoms with Gasteiger partial charge in [0.25, 0.3) is 11.5 Å². The highest BCUT2D eigenvalue weighted by Crippen LogP contribution is 2.36. The van der Waals surface area contributed by atoms with Crippen LogP contribution in [0, 0.1) is 0 Å². The van der Waals surface area contributed by atoms with Crippen LogP contribution in [0.2, 0.25) is 0 Å². The number of rotatable bonds is 10. The van der Waals surface area contributed by atoms with Gasteiger partial charge in [0.1, 0.15) is 0 Å². The van der Waals surface area contributed by atoms with Crippen molar-refractivity contribution in [3.05, 3.63) is 120 Å². The predicted molar refractivity (Wildman–Crippen MR) is 187 cm³/mol. The van der Waals surface area contributed by atoms with Gasteiger partial charge in [0, 0.05) is 18.7 Å². The minimum absolute atomic E-state index is 0.124. The van der Waals surface area contributed by atoms with Gasteiger partial charge in [-0.1, -0.05) is 85.8 Å². The zero-order valence-electron chi connectivity index (χ0n) is 28.0. The summed E-state index contributed by atoms with van der Waals surface area (Å²) >= 11 is 1.25. The van der Waals surface area contributed by atoms with Crippen molar-refractivity contribution in [3.63, 3.8) is 0 Å². The fourth-order valence-corrected chi connectivity index (χ4v) is 6.91. The van der Waals surface area contributed by atoms with Crippen molar-refractivity contribution in [1.29, 1.82) is 0 Å². The maximum absolute atomic E-state index is 14.3. The molecule has 1 atom stereocenters. The standard InChI is InChI=1S/C38H39N3O7S/c1-5-47-37(44)33-34(27-9-7-6-8-10-27)39-38-41(35(33)28-14-12-26(13-15-28)24(2)3)36(43)31(49-38)22-25-11-16-29(30(21-25)45-4)48-23-32(42)40-17-19-46-20-18-40/h6-16,21-22,24,35H,5,17-20,23H2,1-4H3/b31-22+/t35-/m1/s1. The highest BCUT2D eigenvalue weighted by Gasteiger charge is 2.35. The molecule has 1 fully saturated rings. The summed E-state index contributed by atoms with van der Waals surface area (Å²) in [5.41, 5.74) is 3.86. The Hall–Kier alpha value is -5.00. The minimum Gasteiger partial charge on any atom is -0.493 e. The average Bonchev–Trinajstić information content (AvgIpc) is 3.44. The fourth-order valence-electron chi connectivity index (χ4n) is 5.91. The SMILES string of the molecule is CCOC(=O)C1=C(c2ccccc2)N=c2s/c(=C/c3ccc(OCC(=O)N4CCOCC4)c(OC)c3)c(=O)n2[C@@H]1c1ccc(C(C)C)cc1. The molecule has 2 aliphatic heterocycles. The second kappa shape index (κ2) is 15.0. The van der Waals surface area contributed by atoms with Gasteiger partial charge in [-0.25, -0.2) is 9.79 Å². The number of methoxy groups -OCH3 is 1. The Morgan fingerprint density at radius 2 is 1.76 bits per heavy atom. The number of amides is 1. The fraction of sp³-hybridized carbons (Fsp3) is 0.316. The topological polar surface area (TPSA) is 109 Å². The maximum Gasteiger partial charge on any atom is 0.338 e. The molecule has 4 aromatic rings. The van der Waals surface area contributed by atoms with E-state index in [0.717, 1.165) is 16.7 Å². The number of fused-ring (bicyclic) bond motifs is 1. The van der Waals surface area contributed by atoms with E-state index in [1.54, 1.807) is 40.7 Å². The number of carbonyl (C=O) groups is 2. The molecule has 0 saturated carbocycles. The summed E-state index contributed by atoms with van der Waals surface area (Å²) in [5.74, 6) is 0.510. The monoisotopic (exact) mass is 681 g/mol. The Labute approximate surface area is 288 Å². The van der Waals surface area contributed by atoms with Gasteiger partial charge in [0.05, 0.1) is 48.8 Å². The van der Waals surface area contributed by atoms with Gasteiger partial charge in [0.15, 0.2) is 22.9 Å². The quantitative estimate of drug-likeness (QED) is 0.230. The molecule has 0 radical (unpaired) electrons. The molecule has 2 aliphatic rings. The number of hydrogen-bond acceptors (Lipinski definition) is 9. The summed E-state index contributed by atoms with van der Waals surface area (Å²) in [6.45, 7) is 8.14. The van der Waals surface area contributed by atoms with E-state index >= 15 is 0 Å². The van der Waals surface area contributed by atoms with Crippen molar-refractivity contribution in [1.82, 2.24) is 9.47 Å². The van der Waals surface area contributed by atoms with Crippen molar-refractivity contribution < 1.29 is 28.5 Å². The molecule has 11 heteroatoms. The van der Waals surface area contributed by atoms with Crippen LogP contribution in [0.4, 0.5) is 0 Å². The van der Waals surface area contributed by atoms with Gasteiger partial charge < -0.3 is 23.8 Å². The Morgan fingerprint density at radius 1 is 1.02 bits per heavy atom. The van der Waals surface area contributed by atoms with Crippen LogP contribution in [-0.4, -0.2) is 68.0 Å². The minimum atomic E-state index is -0.761. The molecule has 0 unspecified atom stereocenters. The molecule has 3 aromatic carbocycles. The van der Waals surface area contributed by atoms with Gasteiger partial charge in [0.2, 0.25) is 0 Å². The van der Waals surface area contributed by atoms with E-state index in [1.807, 2.05) is 54.6 Å². The molecule has 1 amide bonds. The number of morpholine rings is 1. The first-order valence-electron chi connectivity index (χ1n) is 16.3. The van der Waals surface area contributed by atoms with E-state index in [-0.39, 0.29) is 24.7 Å². The average molecular weight is 682 g/mol. The summed E-state index contributed by atoms with van der Waals surface area (Å²) in [4.78, 5) is 47.8. The van der Waals surface area contributed by atoms with Crippen LogP contribution >= 0.6 is 11.3 Å². The molecule has 3 heterocycles. The second-order valence-electron chi connectivity index (χ2n) is 11.9. The van der Waals surface area contributed by atoms with Gasteiger partial charge in [-0.3, -0.25) is 14.2 Å². The van der Waals surface area contributed by atoms with Gasteiger partial charge in [-0.15, -0.1) is 0 Å². The smallest absolute Gasteiger partial charge is 0.338 e. The van der Waals surface area contributed by atoms with Crippen LogP contribution < -0.4 is 24.4 Å². The third kappa shape index (κ3) is 7.23. The zero-order valence-corrected chi connectivity index (χ0v) is 28.8. The normalized spacial score (nSPS) is 16.3. The Morgan fingerprint density at radius 3 is 2.43 bits per heavy atom. The second-order valence-corrected chi connectivity index (χ2v) is 13.0. The Bertz CT molecular complexity index is 2040. The van der Waals surface area contributed by atoms with Gasteiger partial charge >= 0.3 is 5.97 Å². The molecule has 254 valence electrons. The van der Waals surface area contributed by atoms with Crippen LogP contribution in [0.5, 0.6) is 11.5 Å². The van der Waals surface area contributed by atoms with E-state index in [9.17, 15) is 14.4 Å². The molecular weight excluding hydrogens is 642 g/mol. The van der Waals surface area contributed by atoms with E-state index in [4.69, 9.17) is 23.9 Å². The summed E-state index contributed by atoms with van der Waals surface area (Å²) in [6, 6.07) is 22.0. The van der Waals surface area contributed by atoms with Crippen LogP contribution in [0.15, 0.2) is 88.2 Å². The van der Waals surface area contributed by atoms with Crippen LogP contribution in [0.1, 0.15) is 55.0 Å². The number of aromatic nitrogens is 1. The lowest BCUT2D eigenvalue weighted by Crippen LogP contribution is -2.43. The van der Waals surface area contributed by atoms with Crippen molar-refractivity contribution in [3.8, 4) is 11.5 Å². The summed E-state index contributed by atoms with van der Waals surface area (Å²) in [5, 5.41) is 0. The molecular formula is C38H39N3O7S. The number of benzene rings is 3. The number of esters is 1. The first kappa shape index (κ1) is 33.9. The molecule has 0 spiro atoms. The van der Waals surface area contributed by atoms with Crippen LogP contribution in [0.3, 0.4) is 0 Å². The van der Waals surface area contributed by atoms with Crippen molar-refractivity contribution in [2.45, 2.75) is 32.7 Å². The van der Waals surface area contributed by atoms with Crippen molar-refractivity contribution >= 4 is 35.0 Å². The Kier molecular flexibility index (Phi) is 10.4. The molecule has 1 saturated heterocycles. The lowest BCUT2D eigenvalue weighted by atomic mass is 9.91. The largest absolute Gasteiger partial charge is 0.493 e. The first-order valence-corrected chi connectivity index (χ1v) is 17.1. The van der Waals surface area contributed by atoms with Crippen molar-refractivity contribution in [2.24, 2.45) is 4.99 Å². The molecule has 10 nitrogen and oxygen atoms in total.